The van der Waals surface area contributed by atoms with Crippen LogP contribution in [0.5, 0.6) is 5.75 Å². The second kappa shape index (κ2) is 11.9. The van der Waals surface area contributed by atoms with E-state index >= 15 is 0 Å². The van der Waals surface area contributed by atoms with Crippen LogP contribution in [-0.2, 0) is 25.6 Å². The largest absolute Gasteiger partial charge is 0.496 e. The van der Waals surface area contributed by atoms with Gasteiger partial charge in [-0.15, -0.1) is 0 Å². The standard InChI is InChI=1S/C15H23BrO5/c1-17-5-6-19-7-8-20-9-10-21-12-13-11-14(16)3-4-15(13)18-2/h3-4,11H,5-10,12H2,1-2H3. The van der Waals surface area contributed by atoms with Crippen molar-refractivity contribution in [3.05, 3.63) is 28.2 Å². The van der Waals surface area contributed by atoms with Crippen molar-refractivity contribution in [2.75, 3.05) is 53.9 Å². The Morgan fingerprint density at radius 2 is 1.48 bits per heavy atom. The average Bonchev–Trinajstić information content (AvgIpc) is 2.49. The van der Waals surface area contributed by atoms with E-state index in [-0.39, 0.29) is 0 Å². The van der Waals surface area contributed by atoms with Gasteiger partial charge in [0.1, 0.15) is 5.75 Å². The number of ether oxygens (including phenoxy) is 5. The molecule has 1 rings (SSSR count). The van der Waals surface area contributed by atoms with Crippen LogP contribution in [0.2, 0.25) is 0 Å². The van der Waals surface area contributed by atoms with Crippen molar-refractivity contribution in [1.82, 2.24) is 0 Å². The Morgan fingerprint density at radius 3 is 2.10 bits per heavy atom. The molecule has 5 nitrogen and oxygen atoms in total. The van der Waals surface area contributed by atoms with Crippen molar-refractivity contribution in [2.45, 2.75) is 6.61 Å². The van der Waals surface area contributed by atoms with E-state index < -0.39 is 0 Å². The minimum Gasteiger partial charge on any atom is -0.496 e. The molecule has 0 aliphatic carbocycles. The first kappa shape index (κ1) is 18.4. The van der Waals surface area contributed by atoms with Crippen molar-refractivity contribution in [3.63, 3.8) is 0 Å². The smallest absolute Gasteiger partial charge is 0.124 e. The first-order valence-corrected chi connectivity index (χ1v) is 7.61. The molecular weight excluding hydrogens is 340 g/mol. The monoisotopic (exact) mass is 362 g/mol. The zero-order valence-corrected chi connectivity index (χ0v) is 14.2. The van der Waals surface area contributed by atoms with Gasteiger partial charge in [-0.2, -0.15) is 0 Å². The van der Waals surface area contributed by atoms with Crippen LogP contribution < -0.4 is 4.74 Å². The van der Waals surface area contributed by atoms with Crippen LogP contribution in [0.25, 0.3) is 0 Å². The third-order valence-electron chi connectivity index (χ3n) is 2.68. The molecule has 0 aliphatic heterocycles. The predicted molar refractivity (Wildman–Crippen MR) is 83.9 cm³/mol. The third-order valence-corrected chi connectivity index (χ3v) is 3.17. The first-order chi connectivity index (χ1) is 10.3. The van der Waals surface area contributed by atoms with Crippen LogP contribution in [0.4, 0.5) is 0 Å². The molecule has 0 heterocycles. The number of hydrogen-bond acceptors (Lipinski definition) is 5. The fraction of sp³-hybridized carbons (Fsp3) is 0.600. The molecule has 0 atom stereocenters. The van der Waals surface area contributed by atoms with Crippen LogP contribution in [-0.4, -0.2) is 53.9 Å². The summed E-state index contributed by atoms with van der Waals surface area (Å²) in [5.74, 6) is 0.825. The van der Waals surface area contributed by atoms with E-state index in [1.54, 1.807) is 14.2 Å². The summed E-state index contributed by atoms with van der Waals surface area (Å²) in [6.07, 6.45) is 0. The topological polar surface area (TPSA) is 46.2 Å². The average molecular weight is 363 g/mol. The lowest BCUT2D eigenvalue weighted by molar-refractivity contribution is 0.000664. The Balaban J connectivity index is 2.05. The molecule has 120 valence electrons. The molecule has 21 heavy (non-hydrogen) atoms. The van der Waals surface area contributed by atoms with Gasteiger partial charge < -0.3 is 23.7 Å². The van der Waals surface area contributed by atoms with Gasteiger partial charge in [-0.25, -0.2) is 0 Å². The van der Waals surface area contributed by atoms with Crippen LogP contribution in [0.3, 0.4) is 0 Å². The molecule has 0 saturated carbocycles. The first-order valence-electron chi connectivity index (χ1n) is 6.82. The minimum absolute atomic E-state index is 0.496. The van der Waals surface area contributed by atoms with Gasteiger partial charge in [0.05, 0.1) is 53.4 Å². The molecule has 0 aliphatic rings. The second-order valence-electron chi connectivity index (χ2n) is 4.23. The predicted octanol–water partition coefficient (Wildman–Crippen LogP) is 2.65. The van der Waals surface area contributed by atoms with E-state index in [1.807, 2.05) is 18.2 Å². The molecule has 0 unspecified atom stereocenters. The molecule has 0 spiro atoms. The highest BCUT2D eigenvalue weighted by atomic mass is 79.9. The van der Waals surface area contributed by atoms with E-state index in [0.29, 0.717) is 46.2 Å². The van der Waals surface area contributed by atoms with Gasteiger partial charge in [0, 0.05) is 17.1 Å². The van der Waals surface area contributed by atoms with Crippen molar-refractivity contribution < 1.29 is 23.7 Å². The van der Waals surface area contributed by atoms with Crippen molar-refractivity contribution >= 4 is 15.9 Å². The summed E-state index contributed by atoms with van der Waals surface area (Å²) in [7, 11) is 3.30. The Hall–Kier alpha value is -0.660. The number of hydrogen-bond donors (Lipinski definition) is 0. The lowest BCUT2D eigenvalue weighted by Crippen LogP contribution is -2.11. The highest BCUT2D eigenvalue weighted by Gasteiger charge is 2.03. The summed E-state index contributed by atoms with van der Waals surface area (Å²) in [5, 5.41) is 0. The summed E-state index contributed by atoms with van der Waals surface area (Å²) in [5.41, 5.74) is 1.01. The van der Waals surface area contributed by atoms with Crippen molar-refractivity contribution in [3.8, 4) is 5.75 Å². The maximum Gasteiger partial charge on any atom is 0.124 e. The maximum absolute atomic E-state index is 5.58. The molecule has 6 heteroatoms. The van der Waals surface area contributed by atoms with E-state index in [2.05, 4.69) is 15.9 Å². The number of methoxy groups -OCH3 is 2. The third kappa shape index (κ3) is 8.38. The van der Waals surface area contributed by atoms with E-state index in [0.717, 1.165) is 15.8 Å². The van der Waals surface area contributed by atoms with Crippen molar-refractivity contribution in [2.24, 2.45) is 0 Å². The fourth-order valence-corrected chi connectivity index (χ4v) is 2.03. The molecule has 0 saturated heterocycles. The van der Waals surface area contributed by atoms with Crippen LogP contribution in [0.1, 0.15) is 5.56 Å². The van der Waals surface area contributed by atoms with Gasteiger partial charge in [0.25, 0.3) is 0 Å². The minimum atomic E-state index is 0.496. The highest BCUT2D eigenvalue weighted by Crippen LogP contribution is 2.23. The van der Waals surface area contributed by atoms with Crippen molar-refractivity contribution in [1.29, 1.82) is 0 Å². The van der Waals surface area contributed by atoms with E-state index in [9.17, 15) is 0 Å². The Labute approximate surface area is 134 Å². The quantitative estimate of drug-likeness (QED) is 0.535. The van der Waals surface area contributed by atoms with Gasteiger partial charge >= 0.3 is 0 Å². The van der Waals surface area contributed by atoms with Crippen LogP contribution in [0, 0.1) is 0 Å². The number of benzene rings is 1. The normalized spacial score (nSPS) is 10.8. The lowest BCUT2D eigenvalue weighted by Gasteiger charge is -2.10. The van der Waals surface area contributed by atoms with Gasteiger partial charge in [0.15, 0.2) is 0 Å². The molecule has 0 radical (unpaired) electrons. The molecule has 0 N–H and O–H groups in total. The molecule has 0 aromatic heterocycles. The number of halogens is 1. The summed E-state index contributed by atoms with van der Waals surface area (Å²) in [6, 6.07) is 5.84. The summed E-state index contributed by atoms with van der Waals surface area (Å²) >= 11 is 3.44. The Morgan fingerprint density at radius 1 is 0.857 bits per heavy atom. The van der Waals surface area contributed by atoms with Gasteiger partial charge in [-0.1, -0.05) is 15.9 Å². The SMILES string of the molecule is COCCOCCOCCOCc1cc(Br)ccc1OC. The van der Waals surface area contributed by atoms with Gasteiger partial charge in [-0.3, -0.25) is 0 Å². The lowest BCUT2D eigenvalue weighted by atomic mass is 10.2. The molecule has 0 bridgehead atoms. The fourth-order valence-electron chi connectivity index (χ4n) is 1.62. The van der Waals surface area contributed by atoms with Gasteiger partial charge in [0.2, 0.25) is 0 Å². The maximum atomic E-state index is 5.58. The molecule has 1 aromatic rings. The molecule has 0 fully saturated rings. The van der Waals surface area contributed by atoms with Gasteiger partial charge in [-0.05, 0) is 18.2 Å². The second-order valence-corrected chi connectivity index (χ2v) is 5.14. The van der Waals surface area contributed by atoms with Crippen LogP contribution >= 0.6 is 15.9 Å². The molecule has 0 amide bonds. The number of rotatable bonds is 12. The molecule has 1 aromatic carbocycles. The molecular formula is C15H23BrO5. The zero-order valence-electron chi connectivity index (χ0n) is 12.6. The highest BCUT2D eigenvalue weighted by molar-refractivity contribution is 9.10. The summed E-state index contributed by atoms with van der Waals surface area (Å²) in [6.45, 7) is 3.92. The zero-order chi connectivity index (χ0) is 15.3. The summed E-state index contributed by atoms with van der Waals surface area (Å²) in [4.78, 5) is 0. The summed E-state index contributed by atoms with van der Waals surface area (Å²) < 4.78 is 27.4. The Bertz CT molecular complexity index is 386. The Kier molecular flexibility index (Phi) is 10.5. The van der Waals surface area contributed by atoms with E-state index in [4.69, 9.17) is 23.7 Å². The van der Waals surface area contributed by atoms with Crippen LogP contribution in [0.15, 0.2) is 22.7 Å². The van der Waals surface area contributed by atoms with E-state index in [1.165, 1.54) is 0 Å².